The third kappa shape index (κ3) is 1.67. The highest BCUT2D eigenvalue weighted by atomic mass is 19.1. The van der Waals surface area contributed by atoms with E-state index in [0.29, 0.717) is 11.3 Å². The van der Waals surface area contributed by atoms with Crippen molar-refractivity contribution in [2.45, 2.75) is 0 Å². The number of hydrogen-bond donors (Lipinski definition) is 1. The molecule has 1 aromatic carbocycles. The average Bonchev–Trinajstić information content (AvgIpc) is 2.60. The Morgan fingerprint density at radius 1 is 1.50 bits per heavy atom. The number of nitrogens with zero attached hydrogens (tertiary/aromatic N) is 2. The van der Waals surface area contributed by atoms with Crippen molar-refractivity contribution in [1.82, 2.24) is 9.55 Å². The molecule has 0 saturated carbocycles. The zero-order valence-electron chi connectivity index (χ0n) is 8.51. The molecule has 0 spiro atoms. The lowest BCUT2D eigenvalue weighted by atomic mass is 10.1. The quantitative estimate of drug-likeness (QED) is 0.841. The van der Waals surface area contributed by atoms with Gasteiger partial charge in [0.05, 0.1) is 11.9 Å². The molecule has 1 heterocycles. The summed E-state index contributed by atoms with van der Waals surface area (Å²) in [4.78, 5) is 14.5. The minimum Gasteiger partial charge on any atom is -0.475 e. The molecule has 0 aliphatic heterocycles. The standard InChI is InChI=1S/C11H9FN2O2/c1-14-9(6-13-10(14)11(15)16)7-3-2-4-8(12)5-7/h2-6H,1H3,(H,15,16). The summed E-state index contributed by atoms with van der Waals surface area (Å²) in [5, 5.41) is 8.82. The zero-order valence-corrected chi connectivity index (χ0v) is 8.51. The minimum atomic E-state index is -1.11. The third-order valence-corrected chi connectivity index (χ3v) is 2.30. The average molecular weight is 220 g/mol. The van der Waals surface area contributed by atoms with Crippen molar-refractivity contribution in [3.8, 4) is 11.3 Å². The van der Waals surface area contributed by atoms with Gasteiger partial charge in [-0.05, 0) is 12.1 Å². The summed E-state index contributed by atoms with van der Waals surface area (Å²) in [6, 6.07) is 5.93. The van der Waals surface area contributed by atoms with Crippen LogP contribution in [0.2, 0.25) is 0 Å². The van der Waals surface area contributed by atoms with Gasteiger partial charge in [-0.25, -0.2) is 14.2 Å². The maximum Gasteiger partial charge on any atom is 0.372 e. The van der Waals surface area contributed by atoms with E-state index < -0.39 is 5.97 Å². The van der Waals surface area contributed by atoms with E-state index in [1.165, 1.54) is 22.9 Å². The molecule has 16 heavy (non-hydrogen) atoms. The lowest BCUT2D eigenvalue weighted by molar-refractivity contribution is 0.0680. The number of carboxylic acid groups (broad SMARTS) is 1. The van der Waals surface area contributed by atoms with Gasteiger partial charge in [-0.2, -0.15) is 0 Å². The molecule has 5 heteroatoms. The van der Waals surface area contributed by atoms with Crippen molar-refractivity contribution in [3.63, 3.8) is 0 Å². The lowest BCUT2D eigenvalue weighted by Gasteiger charge is -2.03. The normalized spacial score (nSPS) is 10.4. The lowest BCUT2D eigenvalue weighted by Crippen LogP contribution is -2.06. The predicted octanol–water partition coefficient (Wildman–Crippen LogP) is 1.92. The first-order valence-electron chi connectivity index (χ1n) is 4.60. The van der Waals surface area contributed by atoms with Crippen LogP contribution in [0.3, 0.4) is 0 Å². The summed E-state index contributed by atoms with van der Waals surface area (Å²) >= 11 is 0. The van der Waals surface area contributed by atoms with E-state index in [4.69, 9.17) is 5.11 Å². The van der Waals surface area contributed by atoms with Crippen molar-refractivity contribution < 1.29 is 14.3 Å². The Labute approximate surface area is 91.0 Å². The van der Waals surface area contributed by atoms with Crippen LogP contribution in [-0.2, 0) is 7.05 Å². The molecule has 2 rings (SSSR count). The number of benzene rings is 1. The van der Waals surface area contributed by atoms with Gasteiger partial charge in [0, 0.05) is 12.6 Å². The van der Waals surface area contributed by atoms with Crippen LogP contribution in [0.25, 0.3) is 11.3 Å². The molecule has 1 aromatic heterocycles. The van der Waals surface area contributed by atoms with E-state index in [1.54, 1.807) is 19.2 Å². The number of carbonyl (C=O) groups is 1. The van der Waals surface area contributed by atoms with Crippen molar-refractivity contribution in [3.05, 3.63) is 42.1 Å². The Balaban J connectivity index is 2.53. The highest BCUT2D eigenvalue weighted by Crippen LogP contribution is 2.20. The van der Waals surface area contributed by atoms with Gasteiger partial charge in [-0.1, -0.05) is 12.1 Å². The topological polar surface area (TPSA) is 55.1 Å². The van der Waals surface area contributed by atoms with Crippen LogP contribution in [0.5, 0.6) is 0 Å². The summed E-state index contributed by atoms with van der Waals surface area (Å²) in [6.07, 6.45) is 1.41. The molecule has 1 N–H and O–H groups in total. The molecule has 0 fully saturated rings. The molecule has 0 aliphatic rings. The van der Waals surface area contributed by atoms with Crippen molar-refractivity contribution in [2.24, 2.45) is 7.05 Å². The first kappa shape index (κ1) is 10.4. The number of imidazole rings is 1. The van der Waals surface area contributed by atoms with Gasteiger partial charge in [-0.15, -0.1) is 0 Å². The summed E-state index contributed by atoms with van der Waals surface area (Å²) in [6.45, 7) is 0. The van der Waals surface area contributed by atoms with Crippen molar-refractivity contribution in [1.29, 1.82) is 0 Å². The fourth-order valence-corrected chi connectivity index (χ4v) is 1.52. The second kappa shape index (κ2) is 3.77. The van der Waals surface area contributed by atoms with Crippen LogP contribution in [0.1, 0.15) is 10.6 Å². The smallest absolute Gasteiger partial charge is 0.372 e. The highest BCUT2D eigenvalue weighted by Gasteiger charge is 2.14. The number of rotatable bonds is 2. The van der Waals surface area contributed by atoms with Gasteiger partial charge in [-0.3, -0.25) is 0 Å². The second-order valence-electron chi connectivity index (χ2n) is 3.34. The van der Waals surface area contributed by atoms with E-state index in [2.05, 4.69) is 4.98 Å². The summed E-state index contributed by atoms with van der Waals surface area (Å²) in [7, 11) is 1.58. The fourth-order valence-electron chi connectivity index (χ4n) is 1.52. The summed E-state index contributed by atoms with van der Waals surface area (Å²) < 4.78 is 14.4. The van der Waals surface area contributed by atoms with E-state index in [-0.39, 0.29) is 11.6 Å². The van der Waals surface area contributed by atoms with Crippen LogP contribution < -0.4 is 0 Å². The molecule has 0 atom stereocenters. The van der Waals surface area contributed by atoms with Crippen LogP contribution in [0.15, 0.2) is 30.5 Å². The fraction of sp³-hybridized carbons (Fsp3) is 0.0909. The highest BCUT2D eigenvalue weighted by molar-refractivity contribution is 5.84. The van der Waals surface area contributed by atoms with Crippen LogP contribution >= 0.6 is 0 Å². The monoisotopic (exact) mass is 220 g/mol. The largest absolute Gasteiger partial charge is 0.475 e. The molecule has 0 amide bonds. The van der Waals surface area contributed by atoms with Gasteiger partial charge in [0.1, 0.15) is 5.82 Å². The first-order chi connectivity index (χ1) is 7.59. The van der Waals surface area contributed by atoms with Crippen LogP contribution in [0.4, 0.5) is 4.39 Å². The summed E-state index contributed by atoms with van der Waals surface area (Å²) in [5.74, 6) is -1.54. The molecular formula is C11H9FN2O2. The van der Waals surface area contributed by atoms with Crippen molar-refractivity contribution in [2.75, 3.05) is 0 Å². The maximum atomic E-state index is 13.0. The molecule has 2 aromatic rings. The Bertz CT molecular complexity index is 549. The van der Waals surface area contributed by atoms with Crippen LogP contribution in [0, 0.1) is 5.82 Å². The maximum absolute atomic E-state index is 13.0. The summed E-state index contributed by atoms with van der Waals surface area (Å²) in [5.41, 5.74) is 1.17. The molecule has 4 nitrogen and oxygen atoms in total. The molecule has 0 bridgehead atoms. The van der Waals surface area contributed by atoms with Gasteiger partial charge in [0.2, 0.25) is 5.82 Å². The molecule has 82 valence electrons. The van der Waals surface area contributed by atoms with Gasteiger partial charge in [0.15, 0.2) is 0 Å². The Morgan fingerprint density at radius 2 is 2.25 bits per heavy atom. The first-order valence-corrected chi connectivity index (χ1v) is 4.60. The van der Waals surface area contributed by atoms with Crippen molar-refractivity contribution >= 4 is 5.97 Å². The molecule has 0 radical (unpaired) electrons. The number of hydrogen-bond acceptors (Lipinski definition) is 2. The van der Waals surface area contributed by atoms with E-state index >= 15 is 0 Å². The number of aromatic carboxylic acids is 1. The SMILES string of the molecule is Cn1c(-c2cccc(F)c2)cnc1C(=O)O. The van der Waals surface area contributed by atoms with Gasteiger partial charge < -0.3 is 9.67 Å². The Morgan fingerprint density at radius 3 is 2.81 bits per heavy atom. The molecular weight excluding hydrogens is 211 g/mol. The number of aromatic nitrogens is 2. The van der Waals surface area contributed by atoms with E-state index in [1.807, 2.05) is 0 Å². The van der Waals surface area contributed by atoms with E-state index in [0.717, 1.165) is 0 Å². The van der Waals surface area contributed by atoms with Crippen LogP contribution in [-0.4, -0.2) is 20.6 Å². The number of halogens is 1. The predicted molar refractivity (Wildman–Crippen MR) is 55.6 cm³/mol. The molecule has 0 aliphatic carbocycles. The minimum absolute atomic E-state index is 0.0701. The molecule has 0 saturated heterocycles. The molecule has 0 unspecified atom stereocenters. The Hall–Kier alpha value is -2.17. The Kier molecular flexibility index (Phi) is 2.44. The van der Waals surface area contributed by atoms with E-state index in [9.17, 15) is 9.18 Å². The van der Waals surface area contributed by atoms with Gasteiger partial charge in [0.25, 0.3) is 0 Å². The third-order valence-electron chi connectivity index (χ3n) is 2.30. The van der Waals surface area contributed by atoms with Gasteiger partial charge >= 0.3 is 5.97 Å². The second-order valence-corrected chi connectivity index (χ2v) is 3.34. The zero-order chi connectivity index (χ0) is 11.7. The number of carboxylic acids is 1.